The number of hydrogen-bond donors (Lipinski definition) is 4. The molecule has 4 aromatic carbocycles. The van der Waals surface area contributed by atoms with Crippen molar-refractivity contribution in [2.45, 2.75) is 109 Å². The fourth-order valence-electron chi connectivity index (χ4n) is 10.2. The number of anilines is 3. The highest BCUT2D eigenvalue weighted by Crippen LogP contribution is 2.38. The lowest BCUT2D eigenvalue weighted by atomic mass is 9.91. The predicted molar refractivity (Wildman–Crippen MR) is 347 cm³/mol. The van der Waals surface area contributed by atoms with Gasteiger partial charge in [-0.25, -0.2) is 39.3 Å². The van der Waals surface area contributed by atoms with Crippen molar-refractivity contribution in [2.24, 2.45) is 17.2 Å². The average Bonchev–Trinajstić information content (AvgIpc) is 4.35. The van der Waals surface area contributed by atoms with Crippen LogP contribution in [-0.4, -0.2) is 130 Å². The zero-order chi connectivity index (χ0) is 60.2. The first-order valence-corrected chi connectivity index (χ1v) is 31.6. The van der Waals surface area contributed by atoms with E-state index in [-0.39, 0.29) is 16.6 Å². The summed E-state index contributed by atoms with van der Waals surface area (Å²) >= 11 is 19.1. The highest BCUT2D eigenvalue weighted by Gasteiger charge is 2.30. The van der Waals surface area contributed by atoms with Crippen molar-refractivity contribution in [3.8, 4) is 11.5 Å². The van der Waals surface area contributed by atoms with Crippen LogP contribution in [0.4, 0.5) is 17.5 Å². The van der Waals surface area contributed by atoms with Crippen molar-refractivity contribution >= 4 is 114 Å². The summed E-state index contributed by atoms with van der Waals surface area (Å²) in [7, 11) is 3.33. The minimum atomic E-state index is -0.122. The normalized spacial score (nSPS) is 16.4. The molecule has 0 amide bonds. The van der Waals surface area contributed by atoms with Gasteiger partial charge in [0.1, 0.15) is 45.5 Å². The van der Waals surface area contributed by atoms with Crippen molar-refractivity contribution in [3.63, 3.8) is 0 Å². The molecule has 20 nitrogen and oxygen atoms in total. The summed E-state index contributed by atoms with van der Waals surface area (Å²) in [5, 5.41) is 19.8. The lowest BCUT2D eigenvalue weighted by Crippen LogP contribution is -2.48. The minimum absolute atomic E-state index is 0.0826. The molecule has 0 aliphatic carbocycles. The number of aromatic nitrogens is 12. The molecule has 86 heavy (non-hydrogen) atoms. The van der Waals surface area contributed by atoms with Crippen LogP contribution in [0.5, 0.6) is 11.5 Å². The van der Waals surface area contributed by atoms with Crippen LogP contribution in [0.3, 0.4) is 0 Å². The van der Waals surface area contributed by atoms with Gasteiger partial charge in [0, 0.05) is 65.7 Å². The summed E-state index contributed by atoms with van der Waals surface area (Å²) < 4.78 is 15.0. The highest BCUT2D eigenvalue weighted by molar-refractivity contribution is 9.10. The first-order chi connectivity index (χ1) is 41.4. The SMILES string of the molecule is CC1(N)CCN(c2cnc3c(Sc4ccccc4Cl)n[nH]c3n2)CC1.COc1ccc(Cn2nc(Br)c3ncc(N4CCC(C)(N)CC4)nc32)cc1.COc1ccc(Cn2nc(Sc3ccccc3Cl)c3ncc(N4CCC(C)(N)CC4)nc32)cc1. The van der Waals surface area contributed by atoms with Gasteiger partial charge in [0.15, 0.2) is 31.6 Å². The van der Waals surface area contributed by atoms with Gasteiger partial charge in [0.05, 0.1) is 55.9 Å². The van der Waals surface area contributed by atoms with Crippen LogP contribution in [0.15, 0.2) is 140 Å². The van der Waals surface area contributed by atoms with Crippen LogP contribution >= 0.6 is 62.7 Å². The largest absolute Gasteiger partial charge is 0.497 e. The summed E-state index contributed by atoms with van der Waals surface area (Å²) in [5.74, 6) is 4.25. The van der Waals surface area contributed by atoms with E-state index in [4.69, 9.17) is 69.9 Å². The topological polar surface area (TPSA) is 248 Å². The van der Waals surface area contributed by atoms with E-state index in [0.717, 1.165) is 166 Å². The molecule has 3 saturated heterocycles. The molecule has 13 rings (SSSR count). The molecule has 0 atom stereocenters. The van der Waals surface area contributed by atoms with E-state index < -0.39 is 0 Å². The Balaban J connectivity index is 0.000000136. The zero-order valence-electron chi connectivity index (χ0n) is 48.6. The summed E-state index contributed by atoms with van der Waals surface area (Å²) in [6.07, 6.45) is 11.1. The lowest BCUT2D eigenvalue weighted by molar-refractivity contribution is 0.363. The van der Waals surface area contributed by atoms with E-state index in [2.05, 4.69) is 81.6 Å². The van der Waals surface area contributed by atoms with Gasteiger partial charge in [-0.3, -0.25) is 5.10 Å². The maximum atomic E-state index is 6.42. The van der Waals surface area contributed by atoms with E-state index in [1.165, 1.54) is 23.5 Å². The Hall–Kier alpha value is -6.83. The molecule has 0 radical (unpaired) electrons. The van der Waals surface area contributed by atoms with Gasteiger partial charge in [-0.1, -0.05) is 95.3 Å². The molecular formula is C61H69BrCl2N18O2S2. The third-order valence-electron chi connectivity index (χ3n) is 15.8. The smallest absolute Gasteiger partial charge is 0.180 e. The number of hydrogen-bond acceptors (Lipinski definition) is 19. The van der Waals surface area contributed by atoms with Crippen molar-refractivity contribution in [2.75, 3.05) is 68.2 Å². The Labute approximate surface area is 526 Å². The van der Waals surface area contributed by atoms with Gasteiger partial charge in [-0.2, -0.15) is 15.3 Å². The first kappa shape index (κ1) is 60.8. The van der Waals surface area contributed by atoms with Crippen LogP contribution in [0.1, 0.15) is 70.4 Å². The molecule has 3 aliphatic heterocycles. The first-order valence-electron chi connectivity index (χ1n) is 28.4. The summed E-state index contributed by atoms with van der Waals surface area (Å²) in [6, 6.07) is 31.4. The predicted octanol–water partition coefficient (Wildman–Crippen LogP) is 11.4. The maximum absolute atomic E-state index is 6.42. The molecule has 6 aromatic heterocycles. The highest BCUT2D eigenvalue weighted by atomic mass is 79.9. The molecule has 3 aliphatic rings. The van der Waals surface area contributed by atoms with Gasteiger partial charge in [-0.15, -0.1) is 0 Å². The molecule has 9 heterocycles. The Morgan fingerprint density at radius 2 is 0.919 bits per heavy atom. The molecule has 0 bridgehead atoms. The van der Waals surface area contributed by atoms with E-state index >= 15 is 0 Å². The molecule has 10 aromatic rings. The van der Waals surface area contributed by atoms with Gasteiger partial charge >= 0.3 is 0 Å². The van der Waals surface area contributed by atoms with Crippen LogP contribution in [0, 0.1) is 0 Å². The second-order valence-electron chi connectivity index (χ2n) is 22.9. The fraction of sp³-hybridized carbons (Fsp3) is 0.361. The second-order valence-corrected chi connectivity index (χ2v) is 26.5. The Kier molecular flexibility index (Phi) is 18.6. The molecule has 0 unspecified atom stereocenters. The summed E-state index contributed by atoms with van der Waals surface area (Å²) in [6.45, 7) is 12.8. The lowest BCUT2D eigenvalue weighted by Gasteiger charge is -2.37. The number of ether oxygens (including phenoxy) is 2. The van der Waals surface area contributed by atoms with Crippen LogP contribution < -0.4 is 41.4 Å². The van der Waals surface area contributed by atoms with Crippen molar-refractivity contribution in [1.82, 2.24) is 59.7 Å². The number of rotatable bonds is 13. The number of nitrogens with one attached hydrogen (secondary N) is 1. The monoisotopic (exact) mass is 1300 g/mol. The van der Waals surface area contributed by atoms with Crippen LogP contribution in [-0.2, 0) is 13.1 Å². The maximum Gasteiger partial charge on any atom is 0.180 e. The molecule has 3 fully saturated rings. The second kappa shape index (κ2) is 26.2. The van der Waals surface area contributed by atoms with E-state index in [1.54, 1.807) is 14.2 Å². The standard InChI is InChI=1S/C25H27ClN6OS.C19H23BrN6O.C17H19ClN6S/c1-25(27)11-13-31(14-12-25)21-15-28-22-23(29-21)32(16-17-7-9-18(33-2)10-8-17)30-24(22)34-20-6-4-3-5-19(20)26;1-19(21)7-9-25(10-8-19)15-11-22-16-17(20)24-26(18(16)23-15)12-13-3-5-14(27-2)6-4-13;1-17(19)6-8-24(9-7-17)13-10-20-14-15(21-13)22-23-16(14)25-12-5-3-2-4-11(12)18/h3-10,15H,11-14,16,27H2,1-2H3;3-6,11H,7-10,12,21H2,1-2H3;2-5,10H,6-9,19H2,1H3,(H,21,22,23). The Morgan fingerprint density at radius 1 is 0.523 bits per heavy atom. The van der Waals surface area contributed by atoms with Gasteiger partial charge in [0.25, 0.3) is 0 Å². The molecule has 448 valence electrons. The van der Waals surface area contributed by atoms with Crippen LogP contribution in [0.25, 0.3) is 33.5 Å². The van der Waals surface area contributed by atoms with Gasteiger partial charge in [-0.05, 0) is 135 Å². The molecule has 25 heteroatoms. The van der Waals surface area contributed by atoms with Crippen molar-refractivity contribution in [3.05, 3.63) is 141 Å². The van der Waals surface area contributed by atoms with E-state index in [1.807, 2.05) is 125 Å². The summed E-state index contributed by atoms with van der Waals surface area (Å²) in [5.41, 5.74) is 25.2. The number of benzene rings is 4. The molecule has 0 spiro atoms. The van der Waals surface area contributed by atoms with Crippen LogP contribution in [0.2, 0.25) is 10.0 Å². The number of nitrogens with zero attached hydrogens (tertiary/aromatic N) is 14. The number of piperidine rings is 3. The number of methoxy groups -OCH3 is 2. The quantitative estimate of drug-likeness (QED) is 0.0838. The van der Waals surface area contributed by atoms with E-state index in [0.29, 0.717) is 33.4 Å². The summed E-state index contributed by atoms with van der Waals surface area (Å²) in [4.78, 5) is 37.2. The third kappa shape index (κ3) is 14.6. The molecular weight excluding hydrogens is 1230 g/mol. The number of H-pyrrole nitrogens is 1. The average molecular weight is 1300 g/mol. The fourth-order valence-corrected chi connectivity index (χ4v) is 12.9. The van der Waals surface area contributed by atoms with Crippen molar-refractivity contribution in [1.29, 1.82) is 0 Å². The third-order valence-corrected chi connectivity index (χ3v) is 19.3. The molecule has 7 N–H and O–H groups in total. The zero-order valence-corrected chi connectivity index (χ0v) is 53.4. The van der Waals surface area contributed by atoms with E-state index in [9.17, 15) is 0 Å². The Morgan fingerprint density at radius 3 is 1.37 bits per heavy atom. The van der Waals surface area contributed by atoms with Gasteiger partial charge in [0.2, 0.25) is 0 Å². The number of nitrogens with two attached hydrogens (primary N) is 3. The number of aromatic amines is 1. The molecule has 0 saturated carbocycles. The van der Waals surface area contributed by atoms with Gasteiger partial charge < -0.3 is 41.4 Å². The number of halogens is 3. The minimum Gasteiger partial charge on any atom is -0.497 e. The number of fused-ring (bicyclic) bond motifs is 3. The van der Waals surface area contributed by atoms with Crippen molar-refractivity contribution < 1.29 is 9.47 Å². The Bertz CT molecular complexity index is 3950.